The van der Waals surface area contributed by atoms with Gasteiger partial charge >= 0.3 is 12.0 Å². The molecule has 2 rings (SSSR count). The Morgan fingerprint density at radius 3 is 2.76 bits per heavy atom. The molecule has 0 saturated carbocycles. The molecule has 2 N–H and O–H groups in total. The molecule has 6 nitrogen and oxygen atoms in total. The summed E-state index contributed by atoms with van der Waals surface area (Å²) in [6.45, 7) is 2.57. The van der Waals surface area contributed by atoms with Crippen LogP contribution < -0.4 is 5.32 Å². The third-order valence-corrected chi connectivity index (χ3v) is 3.88. The number of hydrogen-bond acceptors (Lipinski definition) is 4. The highest BCUT2D eigenvalue weighted by Crippen LogP contribution is 2.19. The highest BCUT2D eigenvalue weighted by atomic mass is 32.1. The summed E-state index contributed by atoms with van der Waals surface area (Å²) in [5, 5.41) is 13.6. The standard InChI is InChI=1S/C14H16N2O4S/c1-2-16(9-10-5-3-7-20-10)14(19)15-12(13(17)18)11-6-4-8-21-11/h3-8,12H,2,9H2,1H3,(H,15,19)(H,17,18). The smallest absolute Gasteiger partial charge is 0.331 e. The van der Waals surface area contributed by atoms with Crippen molar-refractivity contribution < 1.29 is 19.1 Å². The predicted molar refractivity (Wildman–Crippen MR) is 78.0 cm³/mol. The molecule has 112 valence electrons. The van der Waals surface area contributed by atoms with Gasteiger partial charge in [-0.1, -0.05) is 6.07 Å². The van der Waals surface area contributed by atoms with Crippen molar-refractivity contribution in [3.8, 4) is 0 Å². The van der Waals surface area contributed by atoms with Crippen molar-refractivity contribution in [1.82, 2.24) is 10.2 Å². The molecule has 2 heterocycles. The SMILES string of the molecule is CCN(Cc1ccco1)C(=O)NC(C(=O)O)c1cccs1. The van der Waals surface area contributed by atoms with Gasteiger partial charge in [0, 0.05) is 11.4 Å². The van der Waals surface area contributed by atoms with E-state index in [0.29, 0.717) is 23.7 Å². The summed E-state index contributed by atoms with van der Waals surface area (Å²) in [4.78, 5) is 25.6. The minimum Gasteiger partial charge on any atom is -0.479 e. The average Bonchev–Trinajstić information content (AvgIpc) is 3.14. The molecule has 7 heteroatoms. The lowest BCUT2D eigenvalue weighted by Crippen LogP contribution is -2.43. The first-order valence-corrected chi connectivity index (χ1v) is 7.33. The van der Waals surface area contributed by atoms with E-state index in [1.54, 1.807) is 29.6 Å². The third-order valence-electron chi connectivity index (χ3n) is 2.94. The van der Waals surface area contributed by atoms with E-state index in [-0.39, 0.29) is 0 Å². The lowest BCUT2D eigenvalue weighted by atomic mass is 10.2. The molecular weight excluding hydrogens is 292 g/mol. The second kappa shape index (κ2) is 6.94. The summed E-state index contributed by atoms with van der Waals surface area (Å²) in [6.07, 6.45) is 1.53. The zero-order chi connectivity index (χ0) is 15.2. The van der Waals surface area contributed by atoms with Crippen molar-refractivity contribution in [2.75, 3.05) is 6.54 Å². The summed E-state index contributed by atoms with van der Waals surface area (Å²) in [6, 6.07) is 5.48. The van der Waals surface area contributed by atoms with Gasteiger partial charge in [-0.2, -0.15) is 0 Å². The maximum Gasteiger partial charge on any atom is 0.331 e. The number of aliphatic carboxylic acids is 1. The van der Waals surface area contributed by atoms with Crippen LogP contribution in [-0.4, -0.2) is 28.6 Å². The fourth-order valence-electron chi connectivity index (χ4n) is 1.84. The van der Waals surface area contributed by atoms with Crippen molar-refractivity contribution in [3.05, 3.63) is 46.5 Å². The second-order valence-corrected chi connectivity index (χ2v) is 5.31. The molecule has 0 aromatic carbocycles. The number of nitrogens with zero attached hydrogens (tertiary/aromatic N) is 1. The molecule has 0 aliphatic rings. The van der Waals surface area contributed by atoms with Crippen LogP contribution >= 0.6 is 11.3 Å². The first-order chi connectivity index (χ1) is 10.1. The third kappa shape index (κ3) is 3.85. The lowest BCUT2D eigenvalue weighted by Gasteiger charge is -2.22. The molecule has 2 aromatic heterocycles. The van der Waals surface area contributed by atoms with Crippen LogP contribution in [0, 0.1) is 0 Å². The molecule has 0 radical (unpaired) electrons. The van der Waals surface area contributed by atoms with Gasteiger partial charge in [0.15, 0.2) is 6.04 Å². The number of nitrogens with one attached hydrogen (secondary N) is 1. The summed E-state index contributed by atoms with van der Waals surface area (Å²) < 4.78 is 5.20. The Bertz CT molecular complexity index is 580. The van der Waals surface area contributed by atoms with Gasteiger partial charge < -0.3 is 19.7 Å². The van der Waals surface area contributed by atoms with Crippen molar-refractivity contribution >= 4 is 23.3 Å². The monoisotopic (exact) mass is 308 g/mol. The molecule has 2 amide bonds. The van der Waals surface area contributed by atoms with Gasteiger partial charge in [-0.3, -0.25) is 0 Å². The van der Waals surface area contributed by atoms with Crippen molar-refractivity contribution in [2.24, 2.45) is 0 Å². The van der Waals surface area contributed by atoms with E-state index in [0.717, 1.165) is 0 Å². The largest absolute Gasteiger partial charge is 0.479 e. The zero-order valence-electron chi connectivity index (χ0n) is 11.5. The molecular formula is C14H16N2O4S. The predicted octanol–water partition coefficient (Wildman–Crippen LogP) is 2.70. The number of carboxylic acids is 1. The number of thiophene rings is 1. The number of amides is 2. The summed E-state index contributed by atoms with van der Waals surface area (Å²) in [5.74, 6) is -0.435. The first kappa shape index (κ1) is 15.1. The van der Waals surface area contributed by atoms with Crippen molar-refractivity contribution in [1.29, 1.82) is 0 Å². The van der Waals surface area contributed by atoms with Gasteiger partial charge in [0.05, 0.1) is 12.8 Å². The molecule has 21 heavy (non-hydrogen) atoms. The fourth-order valence-corrected chi connectivity index (χ4v) is 2.61. The number of furan rings is 1. The maximum atomic E-state index is 12.2. The van der Waals surface area contributed by atoms with Gasteiger partial charge in [-0.25, -0.2) is 9.59 Å². The van der Waals surface area contributed by atoms with E-state index in [4.69, 9.17) is 4.42 Å². The van der Waals surface area contributed by atoms with Crippen LogP contribution in [0.25, 0.3) is 0 Å². The Hall–Kier alpha value is -2.28. The summed E-state index contributed by atoms with van der Waals surface area (Å²) in [5.41, 5.74) is 0. The number of carboxylic acid groups (broad SMARTS) is 1. The Balaban J connectivity index is 2.05. The molecule has 0 spiro atoms. The average molecular weight is 308 g/mol. The van der Waals surface area contributed by atoms with Gasteiger partial charge in [0.1, 0.15) is 5.76 Å². The number of carbonyl (C=O) groups is 2. The van der Waals surface area contributed by atoms with Gasteiger partial charge in [-0.05, 0) is 30.5 Å². The Kier molecular flexibility index (Phi) is 4.99. The topological polar surface area (TPSA) is 82.8 Å². The van der Waals surface area contributed by atoms with Crippen LogP contribution in [-0.2, 0) is 11.3 Å². The van der Waals surface area contributed by atoms with Crippen LogP contribution in [0.5, 0.6) is 0 Å². The number of urea groups is 1. The quantitative estimate of drug-likeness (QED) is 0.859. The van der Waals surface area contributed by atoms with Crippen molar-refractivity contribution in [3.63, 3.8) is 0 Å². The molecule has 1 unspecified atom stereocenters. The minimum absolute atomic E-state index is 0.298. The highest BCUT2D eigenvalue weighted by Gasteiger charge is 2.25. The Morgan fingerprint density at radius 1 is 1.43 bits per heavy atom. The first-order valence-electron chi connectivity index (χ1n) is 6.45. The van der Waals surface area contributed by atoms with E-state index in [1.165, 1.54) is 22.5 Å². The molecule has 0 aliphatic heterocycles. The summed E-state index contributed by atoms with van der Waals surface area (Å²) in [7, 11) is 0. The van der Waals surface area contributed by atoms with Crippen molar-refractivity contribution in [2.45, 2.75) is 19.5 Å². The normalized spacial score (nSPS) is 11.9. The minimum atomic E-state index is -1.08. The van der Waals surface area contributed by atoms with E-state index < -0.39 is 18.0 Å². The summed E-state index contributed by atoms with van der Waals surface area (Å²) >= 11 is 1.29. The molecule has 0 saturated heterocycles. The van der Waals surface area contributed by atoms with E-state index in [1.807, 2.05) is 6.92 Å². The van der Waals surface area contributed by atoms with E-state index in [2.05, 4.69) is 5.32 Å². The molecule has 1 atom stereocenters. The van der Waals surface area contributed by atoms with E-state index >= 15 is 0 Å². The molecule has 0 fully saturated rings. The Labute approximate surface area is 126 Å². The number of hydrogen-bond donors (Lipinski definition) is 2. The van der Waals surface area contributed by atoms with Crippen LogP contribution in [0.4, 0.5) is 4.79 Å². The fraction of sp³-hybridized carbons (Fsp3) is 0.286. The van der Waals surface area contributed by atoms with Gasteiger partial charge in [0.25, 0.3) is 0 Å². The van der Waals surface area contributed by atoms with E-state index in [9.17, 15) is 14.7 Å². The molecule has 2 aromatic rings. The van der Waals surface area contributed by atoms with Gasteiger partial charge in [0.2, 0.25) is 0 Å². The zero-order valence-corrected chi connectivity index (χ0v) is 12.3. The molecule has 0 aliphatic carbocycles. The van der Waals surface area contributed by atoms with Crippen LogP contribution in [0.15, 0.2) is 40.3 Å². The highest BCUT2D eigenvalue weighted by molar-refractivity contribution is 7.10. The van der Waals surface area contributed by atoms with Crippen LogP contribution in [0.2, 0.25) is 0 Å². The number of rotatable bonds is 6. The Morgan fingerprint density at radius 2 is 2.24 bits per heavy atom. The number of carbonyl (C=O) groups excluding carboxylic acids is 1. The van der Waals surface area contributed by atoms with Crippen LogP contribution in [0.1, 0.15) is 23.6 Å². The van der Waals surface area contributed by atoms with Crippen LogP contribution in [0.3, 0.4) is 0 Å². The molecule has 0 bridgehead atoms. The van der Waals surface area contributed by atoms with Gasteiger partial charge in [-0.15, -0.1) is 11.3 Å². The second-order valence-electron chi connectivity index (χ2n) is 4.33. The lowest BCUT2D eigenvalue weighted by molar-refractivity contribution is -0.139. The maximum absolute atomic E-state index is 12.2.